The van der Waals surface area contributed by atoms with Gasteiger partial charge in [-0.2, -0.15) is 0 Å². The van der Waals surface area contributed by atoms with Crippen molar-refractivity contribution in [3.63, 3.8) is 0 Å². The van der Waals surface area contributed by atoms with Gasteiger partial charge in [-0.3, -0.25) is 14.9 Å². The van der Waals surface area contributed by atoms with Crippen LogP contribution in [0.3, 0.4) is 0 Å². The largest absolute Gasteiger partial charge is 0.366 e. The number of H-pyrrole nitrogens is 1. The zero-order valence-electron chi connectivity index (χ0n) is 11.0. The Morgan fingerprint density at radius 2 is 1.81 bits per heavy atom. The van der Waals surface area contributed by atoms with Crippen LogP contribution in [-0.4, -0.2) is 21.8 Å². The second-order valence-corrected chi connectivity index (χ2v) is 4.50. The average Bonchev–Trinajstić information content (AvgIpc) is 2.89. The molecule has 1 aromatic heterocycles. The van der Waals surface area contributed by atoms with Crippen molar-refractivity contribution in [2.75, 3.05) is 5.32 Å². The van der Waals surface area contributed by atoms with E-state index in [-0.39, 0.29) is 11.5 Å². The topological polar surface area (TPSA) is 101 Å². The SMILES string of the molecule is NC(=O)c1cccc(C(=O)Nc2nc3ccccc3[nH]2)c1. The molecule has 0 atom stereocenters. The van der Waals surface area contributed by atoms with Crippen molar-refractivity contribution in [3.8, 4) is 0 Å². The van der Waals surface area contributed by atoms with Gasteiger partial charge in [-0.05, 0) is 30.3 Å². The fourth-order valence-corrected chi connectivity index (χ4v) is 2.01. The molecule has 2 amide bonds. The zero-order chi connectivity index (χ0) is 14.8. The number of primary amides is 1. The zero-order valence-corrected chi connectivity index (χ0v) is 11.0. The maximum atomic E-state index is 12.1. The minimum absolute atomic E-state index is 0.284. The summed E-state index contributed by atoms with van der Waals surface area (Å²) in [4.78, 5) is 30.5. The van der Waals surface area contributed by atoms with E-state index in [1.165, 1.54) is 6.07 Å². The van der Waals surface area contributed by atoms with Crippen LogP contribution in [0.2, 0.25) is 0 Å². The van der Waals surface area contributed by atoms with Crippen LogP contribution in [-0.2, 0) is 0 Å². The molecule has 0 spiro atoms. The number of hydrogen-bond acceptors (Lipinski definition) is 3. The number of carbonyl (C=O) groups excluding carboxylic acids is 2. The Kier molecular flexibility index (Phi) is 3.12. The third kappa shape index (κ3) is 2.59. The summed E-state index contributed by atoms with van der Waals surface area (Å²) in [5.41, 5.74) is 7.42. The predicted octanol–water partition coefficient (Wildman–Crippen LogP) is 1.91. The summed E-state index contributed by atoms with van der Waals surface area (Å²) >= 11 is 0. The molecule has 0 unspecified atom stereocenters. The van der Waals surface area contributed by atoms with Gasteiger partial charge in [0.2, 0.25) is 11.9 Å². The van der Waals surface area contributed by atoms with Gasteiger partial charge in [-0.15, -0.1) is 0 Å². The van der Waals surface area contributed by atoms with Gasteiger partial charge in [-0.25, -0.2) is 4.98 Å². The quantitative estimate of drug-likeness (QED) is 0.683. The van der Waals surface area contributed by atoms with Crippen LogP contribution in [0.5, 0.6) is 0 Å². The van der Waals surface area contributed by atoms with Crippen molar-refractivity contribution in [1.82, 2.24) is 9.97 Å². The van der Waals surface area contributed by atoms with Gasteiger partial charge in [0.1, 0.15) is 0 Å². The standard InChI is InChI=1S/C15H12N4O2/c16-13(20)9-4-3-5-10(8-9)14(21)19-15-17-11-6-1-2-7-12(11)18-15/h1-8H,(H2,16,20)(H2,17,18,19,21). The van der Waals surface area contributed by atoms with Crippen molar-refractivity contribution < 1.29 is 9.59 Å². The number of nitrogens with zero attached hydrogens (tertiary/aromatic N) is 1. The lowest BCUT2D eigenvalue weighted by Gasteiger charge is -2.03. The summed E-state index contributed by atoms with van der Waals surface area (Å²) < 4.78 is 0. The molecule has 0 saturated carbocycles. The normalized spacial score (nSPS) is 10.5. The summed E-state index contributed by atoms with van der Waals surface area (Å²) in [6.07, 6.45) is 0. The van der Waals surface area contributed by atoms with Crippen molar-refractivity contribution in [1.29, 1.82) is 0 Å². The van der Waals surface area contributed by atoms with Gasteiger partial charge in [-0.1, -0.05) is 18.2 Å². The van der Waals surface area contributed by atoms with E-state index in [9.17, 15) is 9.59 Å². The van der Waals surface area contributed by atoms with E-state index in [0.717, 1.165) is 11.0 Å². The van der Waals surface area contributed by atoms with Crippen molar-refractivity contribution in [2.24, 2.45) is 5.73 Å². The molecule has 1 heterocycles. The molecule has 2 aromatic carbocycles. The number of aromatic amines is 1. The number of nitrogens with one attached hydrogen (secondary N) is 2. The van der Waals surface area contributed by atoms with Crippen LogP contribution in [0.15, 0.2) is 48.5 Å². The molecule has 6 heteroatoms. The number of rotatable bonds is 3. The molecule has 0 aliphatic rings. The van der Waals surface area contributed by atoms with Crippen LogP contribution < -0.4 is 11.1 Å². The first kappa shape index (κ1) is 12.9. The number of anilines is 1. The lowest BCUT2D eigenvalue weighted by Crippen LogP contribution is -2.15. The number of fused-ring (bicyclic) bond motifs is 1. The van der Waals surface area contributed by atoms with Gasteiger partial charge in [0.15, 0.2) is 0 Å². The number of para-hydroxylation sites is 2. The Morgan fingerprint density at radius 1 is 1.05 bits per heavy atom. The monoisotopic (exact) mass is 280 g/mol. The highest BCUT2D eigenvalue weighted by Gasteiger charge is 2.11. The summed E-state index contributed by atoms with van der Waals surface area (Å²) in [7, 11) is 0. The summed E-state index contributed by atoms with van der Waals surface area (Å²) in [6.45, 7) is 0. The van der Waals surface area contributed by atoms with E-state index < -0.39 is 5.91 Å². The molecule has 104 valence electrons. The van der Waals surface area contributed by atoms with Crippen molar-refractivity contribution >= 4 is 28.8 Å². The van der Waals surface area contributed by atoms with E-state index in [4.69, 9.17) is 5.73 Å². The molecule has 0 radical (unpaired) electrons. The van der Waals surface area contributed by atoms with Gasteiger partial charge in [0.25, 0.3) is 5.91 Å². The fraction of sp³-hybridized carbons (Fsp3) is 0. The Hall–Kier alpha value is -3.15. The number of imidazole rings is 1. The molecule has 4 N–H and O–H groups in total. The van der Waals surface area contributed by atoms with Gasteiger partial charge < -0.3 is 10.7 Å². The Morgan fingerprint density at radius 3 is 2.57 bits per heavy atom. The van der Waals surface area contributed by atoms with Crippen LogP contribution in [0, 0.1) is 0 Å². The molecule has 0 aliphatic carbocycles. The minimum Gasteiger partial charge on any atom is -0.366 e. The number of aromatic nitrogens is 2. The Balaban J connectivity index is 1.85. The summed E-state index contributed by atoms with van der Waals surface area (Å²) in [5, 5.41) is 2.66. The fourth-order valence-electron chi connectivity index (χ4n) is 2.01. The molecular weight excluding hydrogens is 268 g/mol. The van der Waals surface area contributed by atoms with E-state index in [0.29, 0.717) is 11.5 Å². The molecule has 3 rings (SSSR count). The van der Waals surface area contributed by atoms with Crippen LogP contribution >= 0.6 is 0 Å². The van der Waals surface area contributed by atoms with Gasteiger partial charge in [0.05, 0.1) is 11.0 Å². The summed E-state index contributed by atoms with van der Waals surface area (Å²) in [6, 6.07) is 13.7. The molecule has 0 saturated heterocycles. The number of hydrogen-bond donors (Lipinski definition) is 3. The second kappa shape index (κ2) is 5.09. The van der Waals surface area contributed by atoms with Crippen LogP contribution in [0.4, 0.5) is 5.95 Å². The maximum absolute atomic E-state index is 12.1. The number of amides is 2. The smallest absolute Gasteiger partial charge is 0.257 e. The highest BCUT2D eigenvalue weighted by Crippen LogP contribution is 2.14. The Labute approximate surface area is 120 Å². The molecule has 3 aromatic rings. The third-order valence-corrected chi connectivity index (χ3v) is 3.03. The lowest BCUT2D eigenvalue weighted by atomic mass is 10.1. The Bertz CT molecular complexity index is 805. The molecule has 0 fully saturated rings. The van der Waals surface area contributed by atoms with Gasteiger partial charge in [0, 0.05) is 11.1 Å². The number of benzene rings is 2. The van der Waals surface area contributed by atoms with E-state index in [1.54, 1.807) is 18.2 Å². The number of nitrogens with two attached hydrogens (primary N) is 1. The highest BCUT2D eigenvalue weighted by atomic mass is 16.2. The summed E-state index contributed by atoms with van der Waals surface area (Å²) in [5.74, 6) is -0.587. The molecule has 21 heavy (non-hydrogen) atoms. The molecule has 0 bridgehead atoms. The van der Waals surface area contributed by atoms with Crippen LogP contribution in [0.1, 0.15) is 20.7 Å². The lowest BCUT2D eigenvalue weighted by molar-refractivity contribution is 0.1000. The number of carbonyl (C=O) groups is 2. The average molecular weight is 280 g/mol. The first-order valence-corrected chi connectivity index (χ1v) is 6.29. The third-order valence-electron chi connectivity index (χ3n) is 3.03. The maximum Gasteiger partial charge on any atom is 0.257 e. The van der Waals surface area contributed by atoms with E-state index in [1.807, 2.05) is 24.3 Å². The van der Waals surface area contributed by atoms with Crippen molar-refractivity contribution in [2.45, 2.75) is 0 Å². The van der Waals surface area contributed by atoms with E-state index in [2.05, 4.69) is 15.3 Å². The first-order valence-electron chi connectivity index (χ1n) is 6.29. The van der Waals surface area contributed by atoms with Crippen LogP contribution in [0.25, 0.3) is 11.0 Å². The predicted molar refractivity (Wildman–Crippen MR) is 79.0 cm³/mol. The molecule has 0 aliphatic heterocycles. The second-order valence-electron chi connectivity index (χ2n) is 4.50. The van der Waals surface area contributed by atoms with Gasteiger partial charge >= 0.3 is 0 Å². The highest BCUT2D eigenvalue weighted by molar-refractivity contribution is 6.05. The molecular formula is C15H12N4O2. The minimum atomic E-state index is -0.576. The van der Waals surface area contributed by atoms with Crippen molar-refractivity contribution in [3.05, 3.63) is 59.7 Å². The first-order chi connectivity index (χ1) is 10.1. The van der Waals surface area contributed by atoms with E-state index >= 15 is 0 Å². The molecule has 6 nitrogen and oxygen atoms in total.